The molecule has 0 saturated carbocycles. The Morgan fingerprint density at radius 3 is 2.32 bits per heavy atom. The summed E-state index contributed by atoms with van der Waals surface area (Å²) in [7, 11) is 2.16. The van der Waals surface area contributed by atoms with Crippen LogP contribution >= 0.6 is 0 Å². The van der Waals surface area contributed by atoms with E-state index in [2.05, 4.69) is 51.4 Å². The number of carbonyl (C=O) groups excluding carboxylic acids is 1. The van der Waals surface area contributed by atoms with Crippen LogP contribution in [-0.2, 0) is 12.8 Å². The maximum atomic E-state index is 11.9. The van der Waals surface area contributed by atoms with E-state index in [0.717, 1.165) is 50.3 Å². The molecule has 160 valence electrons. The number of piperazine rings is 1. The summed E-state index contributed by atoms with van der Waals surface area (Å²) in [6.45, 7) is 4.21. The van der Waals surface area contributed by atoms with E-state index in [4.69, 9.17) is 5.73 Å². The Balaban J connectivity index is 1.47. The Labute approximate surface area is 183 Å². The van der Waals surface area contributed by atoms with Crippen LogP contribution in [0.15, 0.2) is 66.9 Å². The molecule has 1 amide bonds. The van der Waals surface area contributed by atoms with E-state index >= 15 is 0 Å². The van der Waals surface area contributed by atoms with Crippen LogP contribution in [0.25, 0.3) is 0 Å². The molecule has 6 nitrogen and oxygen atoms in total. The summed E-state index contributed by atoms with van der Waals surface area (Å²) in [4.78, 5) is 21.0. The molecule has 1 saturated heterocycles. The van der Waals surface area contributed by atoms with Gasteiger partial charge in [0.2, 0.25) is 0 Å². The molecule has 1 aliphatic heterocycles. The largest absolute Gasteiger partial charge is 0.369 e. The molecule has 0 bridgehead atoms. The molecule has 1 fully saturated rings. The van der Waals surface area contributed by atoms with Crippen molar-refractivity contribution in [2.45, 2.75) is 12.8 Å². The zero-order valence-corrected chi connectivity index (χ0v) is 17.9. The van der Waals surface area contributed by atoms with Crippen molar-refractivity contribution in [3.63, 3.8) is 0 Å². The Morgan fingerprint density at radius 2 is 1.65 bits per heavy atom. The lowest BCUT2D eigenvalue weighted by atomic mass is 10.0. The number of nitrogens with two attached hydrogens (primary N) is 1. The van der Waals surface area contributed by atoms with Crippen molar-refractivity contribution in [1.29, 1.82) is 0 Å². The molecule has 4 rings (SSSR count). The number of hydrogen-bond acceptors (Lipinski definition) is 5. The number of benzene rings is 2. The van der Waals surface area contributed by atoms with E-state index < -0.39 is 5.91 Å². The second-order valence-corrected chi connectivity index (χ2v) is 8.05. The number of carbonyl (C=O) groups is 1. The maximum Gasteiger partial charge on any atom is 0.269 e. The molecule has 0 unspecified atom stereocenters. The average Bonchev–Trinajstić information content (AvgIpc) is 2.79. The van der Waals surface area contributed by atoms with Crippen molar-refractivity contribution in [2.24, 2.45) is 5.73 Å². The molecule has 0 radical (unpaired) electrons. The molecule has 0 aliphatic carbocycles. The topological polar surface area (TPSA) is 74.5 Å². The van der Waals surface area contributed by atoms with E-state index in [1.807, 2.05) is 36.4 Å². The van der Waals surface area contributed by atoms with Gasteiger partial charge in [0.1, 0.15) is 0 Å². The van der Waals surface area contributed by atoms with E-state index in [9.17, 15) is 4.79 Å². The van der Waals surface area contributed by atoms with Gasteiger partial charge in [-0.15, -0.1) is 0 Å². The monoisotopic (exact) mass is 415 g/mol. The number of nitrogens with zero attached hydrogens (tertiary/aromatic N) is 3. The molecule has 1 aliphatic rings. The van der Waals surface area contributed by atoms with Gasteiger partial charge in [-0.3, -0.25) is 4.79 Å². The van der Waals surface area contributed by atoms with Gasteiger partial charge in [-0.2, -0.15) is 0 Å². The van der Waals surface area contributed by atoms with Crippen LogP contribution in [-0.4, -0.2) is 49.0 Å². The minimum atomic E-state index is -0.536. The molecule has 0 atom stereocenters. The number of aryl methyl sites for hydroxylation is 2. The third-order valence-electron chi connectivity index (χ3n) is 5.74. The van der Waals surface area contributed by atoms with Gasteiger partial charge >= 0.3 is 0 Å². The first-order valence-corrected chi connectivity index (χ1v) is 10.7. The van der Waals surface area contributed by atoms with Crippen molar-refractivity contribution in [3.8, 4) is 0 Å². The van der Waals surface area contributed by atoms with Crippen LogP contribution in [0.4, 0.5) is 17.1 Å². The average molecular weight is 416 g/mol. The van der Waals surface area contributed by atoms with Crippen molar-refractivity contribution in [1.82, 2.24) is 9.88 Å². The zero-order chi connectivity index (χ0) is 21.6. The van der Waals surface area contributed by atoms with Gasteiger partial charge in [-0.1, -0.05) is 30.3 Å². The summed E-state index contributed by atoms with van der Waals surface area (Å²) in [5, 5.41) is 3.34. The lowest BCUT2D eigenvalue weighted by Crippen LogP contribution is -2.44. The standard InChI is InChI=1S/C25H29N5O/c1-29-13-15-30(16-14-29)22-11-9-21(10-12-22)28-23-17-20(18-27-24(23)25(26)31)8-7-19-5-3-2-4-6-19/h2-6,9-12,17-18,28H,7-8,13-16H2,1H3,(H2,26,31). The Kier molecular flexibility index (Phi) is 6.48. The summed E-state index contributed by atoms with van der Waals surface area (Å²) in [5.74, 6) is -0.536. The van der Waals surface area contributed by atoms with Gasteiger partial charge in [0, 0.05) is 43.8 Å². The Hall–Kier alpha value is -3.38. The molecule has 2 aromatic carbocycles. The van der Waals surface area contributed by atoms with Crippen molar-refractivity contribution in [3.05, 3.63) is 83.7 Å². The number of pyridine rings is 1. The number of primary amides is 1. The number of amides is 1. The zero-order valence-electron chi connectivity index (χ0n) is 17.9. The lowest BCUT2D eigenvalue weighted by Gasteiger charge is -2.34. The third kappa shape index (κ3) is 5.41. The first kappa shape index (κ1) is 20.9. The normalized spacial score (nSPS) is 14.4. The third-order valence-corrected chi connectivity index (χ3v) is 5.74. The molecule has 3 aromatic rings. The fraction of sp³-hybridized carbons (Fsp3) is 0.280. The minimum absolute atomic E-state index is 0.256. The highest BCUT2D eigenvalue weighted by Gasteiger charge is 2.15. The summed E-state index contributed by atoms with van der Waals surface area (Å²) >= 11 is 0. The van der Waals surface area contributed by atoms with Crippen molar-refractivity contribution in [2.75, 3.05) is 43.4 Å². The number of rotatable bonds is 7. The Morgan fingerprint density at radius 1 is 0.968 bits per heavy atom. The number of nitrogens with one attached hydrogen (secondary N) is 1. The van der Waals surface area contributed by atoms with Gasteiger partial charge in [0.15, 0.2) is 5.69 Å². The SMILES string of the molecule is CN1CCN(c2ccc(Nc3cc(CCc4ccccc4)cnc3C(N)=O)cc2)CC1. The first-order chi connectivity index (χ1) is 15.1. The minimum Gasteiger partial charge on any atom is -0.369 e. The predicted molar refractivity (Wildman–Crippen MR) is 126 cm³/mol. The summed E-state index contributed by atoms with van der Waals surface area (Å²) in [5.41, 5.74) is 10.9. The van der Waals surface area contributed by atoms with Crippen molar-refractivity contribution < 1.29 is 4.79 Å². The molecule has 31 heavy (non-hydrogen) atoms. The van der Waals surface area contributed by atoms with E-state index in [1.54, 1.807) is 6.20 Å². The van der Waals surface area contributed by atoms with E-state index in [-0.39, 0.29) is 5.69 Å². The number of likely N-dealkylation sites (N-methyl/N-ethyl adjacent to an activating group) is 1. The maximum absolute atomic E-state index is 11.9. The second kappa shape index (κ2) is 9.62. The first-order valence-electron chi connectivity index (χ1n) is 10.7. The molecule has 1 aromatic heterocycles. The van der Waals surface area contributed by atoms with E-state index in [0.29, 0.717) is 5.69 Å². The van der Waals surface area contributed by atoms with Gasteiger partial charge in [0.05, 0.1) is 5.69 Å². The van der Waals surface area contributed by atoms with Crippen LogP contribution < -0.4 is 16.0 Å². The molecule has 6 heteroatoms. The quantitative estimate of drug-likeness (QED) is 0.618. The highest BCUT2D eigenvalue weighted by atomic mass is 16.1. The predicted octanol–water partition coefficient (Wildman–Crippen LogP) is 3.46. The van der Waals surface area contributed by atoms with Crippen molar-refractivity contribution >= 4 is 23.0 Å². The van der Waals surface area contributed by atoms with Gasteiger partial charge < -0.3 is 20.9 Å². The van der Waals surface area contributed by atoms with Crippen LogP contribution in [0.2, 0.25) is 0 Å². The van der Waals surface area contributed by atoms with Gasteiger partial charge in [0.25, 0.3) is 5.91 Å². The van der Waals surface area contributed by atoms with Crippen LogP contribution in [0, 0.1) is 0 Å². The molecular weight excluding hydrogens is 386 g/mol. The van der Waals surface area contributed by atoms with Gasteiger partial charge in [-0.25, -0.2) is 4.98 Å². The second-order valence-electron chi connectivity index (χ2n) is 8.05. The van der Waals surface area contributed by atoms with Gasteiger partial charge in [-0.05, 0) is 61.3 Å². The molecule has 0 spiro atoms. The van der Waals surface area contributed by atoms with E-state index in [1.165, 1.54) is 11.3 Å². The fourth-order valence-corrected chi connectivity index (χ4v) is 3.85. The highest BCUT2D eigenvalue weighted by Crippen LogP contribution is 2.24. The summed E-state index contributed by atoms with van der Waals surface area (Å²) in [6.07, 6.45) is 3.50. The summed E-state index contributed by atoms with van der Waals surface area (Å²) in [6, 6.07) is 20.6. The van der Waals surface area contributed by atoms with Crippen LogP contribution in [0.5, 0.6) is 0 Å². The highest BCUT2D eigenvalue weighted by molar-refractivity contribution is 5.97. The molecule has 3 N–H and O–H groups in total. The number of aromatic nitrogens is 1. The molecular formula is C25H29N5O. The fourth-order valence-electron chi connectivity index (χ4n) is 3.85. The summed E-state index contributed by atoms with van der Waals surface area (Å²) < 4.78 is 0. The molecule has 2 heterocycles. The smallest absolute Gasteiger partial charge is 0.269 e. The van der Waals surface area contributed by atoms with Crippen LogP contribution in [0.3, 0.4) is 0 Å². The van der Waals surface area contributed by atoms with Crippen LogP contribution in [0.1, 0.15) is 21.6 Å². The number of anilines is 3. The lowest BCUT2D eigenvalue weighted by molar-refractivity contribution is 0.0996. The number of hydrogen-bond donors (Lipinski definition) is 2. The Bertz CT molecular complexity index is 1010.